The normalized spacial score (nSPS) is 15.1. The first kappa shape index (κ1) is 21.5. The summed E-state index contributed by atoms with van der Waals surface area (Å²) in [7, 11) is 0. The number of halogens is 4. The van der Waals surface area contributed by atoms with Crippen LogP contribution in [0.1, 0.15) is 12.8 Å². The third-order valence-electron chi connectivity index (χ3n) is 4.20. The van der Waals surface area contributed by atoms with Gasteiger partial charge in [0.25, 0.3) is 0 Å². The molecule has 0 radical (unpaired) electrons. The van der Waals surface area contributed by atoms with Crippen molar-refractivity contribution in [2.45, 2.75) is 19.0 Å². The van der Waals surface area contributed by atoms with Crippen molar-refractivity contribution < 1.29 is 31.9 Å². The number of amides is 4. The van der Waals surface area contributed by atoms with Crippen LogP contribution in [-0.2, 0) is 9.59 Å². The monoisotopic (exact) mass is 404 g/mol. The van der Waals surface area contributed by atoms with Gasteiger partial charge in [0.15, 0.2) is 0 Å². The van der Waals surface area contributed by atoms with E-state index in [1.807, 2.05) is 0 Å². The molecule has 154 valence electrons. The van der Waals surface area contributed by atoms with Gasteiger partial charge in [0, 0.05) is 25.3 Å². The summed E-state index contributed by atoms with van der Waals surface area (Å²) >= 11 is 0. The van der Waals surface area contributed by atoms with Crippen molar-refractivity contribution in [1.29, 1.82) is 0 Å². The number of hydrogen-bond donors (Lipinski definition) is 3. The van der Waals surface area contributed by atoms with Crippen LogP contribution < -0.4 is 16.0 Å². The average Bonchev–Trinajstić information content (AvgIpc) is 2.65. The molecule has 1 fully saturated rings. The van der Waals surface area contributed by atoms with Crippen LogP contribution in [0.15, 0.2) is 24.3 Å². The fraction of sp³-hybridized carbons (Fsp3) is 0.471. The molecular formula is C17H20F4N4O3. The van der Waals surface area contributed by atoms with Crippen LogP contribution in [0.3, 0.4) is 0 Å². The predicted molar refractivity (Wildman–Crippen MR) is 91.8 cm³/mol. The molecule has 0 spiro atoms. The summed E-state index contributed by atoms with van der Waals surface area (Å²) in [4.78, 5) is 36.5. The Morgan fingerprint density at radius 3 is 2.14 bits per heavy atom. The minimum atomic E-state index is -4.59. The van der Waals surface area contributed by atoms with Crippen LogP contribution in [0.25, 0.3) is 0 Å². The van der Waals surface area contributed by atoms with Crippen molar-refractivity contribution in [3.05, 3.63) is 30.1 Å². The predicted octanol–water partition coefficient (Wildman–Crippen LogP) is 1.86. The van der Waals surface area contributed by atoms with Crippen LogP contribution in [0.2, 0.25) is 0 Å². The zero-order valence-electron chi connectivity index (χ0n) is 14.8. The summed E-state index contributed by atoms with van der Waals surface area (Å²) < 4.78 is 48.9. The van der Waals surface area contributed by atoms with Crippen LogP contribution >= 0.6 is 0 Å². The highest BCUT2D eigenvalue weighted by molar-refractivity contribution is 6.35. The average molecular weight is 404 g/mol. The maximum atomic E-state index is 12.9. The van der Waals surface area contributed by atoms with Gasteiger partial charge in [0.05, 0.1) is 0 Å². The van der Waals surface area contributed by atoms with Crippen molar-refractivity contribution in [2.24, 2.45) is 5.92 Å². The van der Waals surface area contributed by atoms with Crippen LogP contribution in [-0.4, -0.2) is 55.1 Å². The third kappa shape index (κ3) is 7.05. The Bertz CT molecular complexity index is 701. The molecule has 0 bridgehead atoms. The second kappa shape index (κ2) is 9.38. The minimum absolute atomic E-state index is 0.00534. The molecule has 0 unspecified atom stereocenters. The number of nitrogens with one attached hydrogen (secondary N) is 3. The molecule has 11 heteroatoms. The Balaban J connectivity index is 1.69. The Labute approximate surface area is 158 Å². The Morgan fingerprint density at radius 1 is 1.00 bits per heavy atom. The number of likely N-dealkylation sites (tertiary alicyclic amines) is 1. The molecule has 2 rings (SSSR count). The molecule has 4 amide bonds. The van der Waals surface area contributed by atoms with E-state index in [2.05, 4.69) is 10.6 Å². The Morgan fingerprint density at radius 2 is 1.57 bits per heavy atom. The van der Waals surface area contributed by atoms with E-state index in [1.165, 1.54) is 29.6 Å². The van der Waals surface area contributed by atoms with Crippen molar-refractivity contribution in [3.8, 4) is 0 Å². The number of piperidine rings is 1. The molecule has 0 aliphatic carbocycles. The van der Waals surface area contributed by atoms with Gasteiger partial charge in [-0.05, 0) is 43.0 Å². The van der Waals surface area contributed by atoms with Crippen molar-refractivity contribution in [1.82, 2.24) is 15.5 Å². The highest BCUT2D eigenvalue weighted by Crippen LogP contribution is 2.18. The van der Waals surface area contributed by atoms with Gasteiger partial charge >= 0.3 is 24.0 Å². The van der Waals surface area contributed by atoms with E-state index in [0.717, 1.165) is 0 Å². The number of rotatable bonds is 4. The lowest BCUT2D eigenvalue weighted by atomic mass is 9.97. The van der Waals surface area contributed by atoms with E-state index in [-0.39, 0.29) is 18.5 Å². The first-order chi connectivity index (χ1) is 13.1. The highest BCUT2D eigenvalue weighted by Gasteiger charge is 2.29. The van der Waals surface area contributed by atoms with Gasteiger partial charge in [-0.25, -0.2) is 9.18 Å². The second-order valence-corrected chi connectivity index (χ2v) is 6.38. The maximum absolute atomic E-state index is 12.9. The molecule has 0 saturated carbocycles. The van der Waals surface area contributed by atoms with Crippen LogP contribution in [0.5, 0.6) is 0 Å². The number of benzene rings is 1. The standard InChI is InChI=1S/C17H20F4N4O3/c18-12-1-3-13(4-2-12)24-16(28)25-7-5-11(6-8-25)9-22-14(26)15(27)23-10-17(19,20)21/h1-4,11H,5-10H2,(H,22,26)(H,23,27)(H,24,28). The molecular weight excluding hydrogens is 384 g/mol. The molecule has 1 heterocycles. The number of hydrogen-bond acceptors (Lipinski definition) is 3. The van der Waals surface area contributed by atoms with E-state index >= 15 is 0 Å². The molecule has 3 N–H and O–H groups in total. The lowest BCUT2D eigenvalue weighted by Crippen LogP contribution is -2.46. The molecule has 1 aromatic carbocycles. The molecule has 1 aromatic rings. The number of anilines is 1. The lowest BCUT2D eigenvalue weighted by Gasteiger charge is -2.32. The molecule has 0 atom stereocenters. The van der Waals surface area contributed by atoms with Crippen molar-refractivity contribution >= 4 is 23.5 Å². The summed E-state index contributed by atoms with van der Waals surface area (Å²) in [5, 5.41) is 6.45. The van der Waals surface area contributed by atoms with E-state index in [0.29, 0.717) is 31.6 Å². The minimum Gasteiger partial charge on any atom is -0.348 e. The number of urea groups is 1. The largest absolute Gasteiger partial charge is 0.405 e. The number of alkyl halides is 3. The van der Waals surface area contributed by atoms with Crippen LogP contribution in [0.4, 0.5) is 28.0 Å². The Kier molecular flexibility index (Phi) is 7.18. The van der Waals surface area contributed by atoms with Gasteiger partial charge < -0.3 is 20.9 Å². The second-order valence-electron chi connectivity index (χ2n) is 6.38. The topological polar surface area (TPSA) is 90.5 Å². The van der Waals surface area contributed by atoms with Crippen molar-refractivity contribution in [3.63, 3.8) is 0 Å². The summed E-state index contributed by atoms with van der Waals surface area (Å²) in [5.74, 6) is -2.88. The fourth-order valence-electron chi connectivity index (χ4n) is 2.65. The third-order valence-corrected chi connectivity index (χ3v) is 4.20. The van der Waals surface area contributed by atoms with Gasteiger partial charge in [-0.15, -0.1) is 0 Å². The van der Waals surface area contributed by atoms with E-state index in [1.54, 1.807) is 4.90 Å². The van der Waals surface area contributed by atoms with Crippen LogP contribution in [0, 0.1) is 11.7 Å². The Hall–Kier alpha value is -2.85. The van der Waals surface area contributed by atoms with E-state index in [9.17, 15) is 31.9 Å². The molecule has 7 nitrogen and oxygen atoms in total. The number of nitrogens with zero attached hydrogens (tertiary/aromatic N) is 1. The summed E-state index contributed by atoms with van der Waals surface area (Å²) in [6.07, 6.45) is -3.47. The molecule has 0 aromatic heterocycles. The first-order valence-corrected chi connectivity index (χ1v) is 8.58. The zero-order valence-corrected chi connectivity index (χ0v) is 14.8. The zero-order chi connectivity index (χ0) is 20.7. The molecule has 1 aliphatic rings. The van der Waals surface area contributed by atoms with Gasteiger partial charge in [0.2, 0.25) is 0 Å². The van der Waals surface area contributed by atoms with Crippen molar-refractivity contribution in [2.75, 3.05) is 31.5 Å². The molecule has 1 saturated heterocycles. The fourth-order valence-corrected chi connectivity index (χ4v) is 2.65. The summed E-state index contributed by atoms with van der Waals surface area (Å²) in [5.41, 5.74) is 0.464. The molecule has 1 aliphatic heterocycles. The van der Waals surface area contributed by atoms with Gasteiger partial charge in [0.1, 0.15) is 12.4 Å². The van der Waals surface area contributed by atoms with E-state index in [4.69, 9.17) is 0 Å². The van der Waals surface area contributed by atoms with Gasteiger partial charge in [-0.3, -0.25) is 9.59 Å². The SMILES string of the molecule is O=C(NCC1CCN(C(=O)Nc2ccc(F)cc2)CC1)C(=O)NCC(F)(F)F. The van der Waals surface area contributed by atoms with E-state index < -0.39 is 30.4 Å². The quantitative estimate of drug-likeness (QED) is 0.529. The highest BCUT2D eigenvalue weighted by atomic mass is 19.4. The lowest BCUT2D eigenvalue weighted by molar-refractivity contribution is -0.146. The van der Waals surface area contributed by atoms with Gasteiger partial charge in [-0.1, -0.05) is 0 Å². The molecule has 28 heavy (non-hydrogen) atoms. The maximum Gasteiger partial charge on any atom is 0.405 e. The summed E-state index contributed by atoms with van der Waals surface area (Å²) in [6, 6.07) is 5.02. The first-order valence-electron chi connectivity index (χ1n) is 8.58. The number of carbonyl (C=O) groups is 3. The summed E-state index contributed by atoms with van der Waals surface area (Å²) in [6.45, 7) is -0.617. The smallest absolute Gasteiger partial charge is 0.348 e. The van der Waals surface area contributed by atoms with Gasteiger partial charge in [-0.2, -0.15) is 13.2 Å². The number of carbonyl (C=O) groups excluding carboxylic acids is 3.